The monoisotopic (exact) mass is 271 g/mol. The number of hydrogen-bond acceptors (Lipinski definition) is 4. The van der Waals surface area contributed by atoms with Gasteiger partial charge in [0.15, 0.2) is 0 Å². The second kappa shape index (κ2) is 5.39. The Morgan fingerprint density at radius 1 is 1.06 bits per heavy atom. The van der Waals surface area contributed by atoms with E-state index >= 15 is 0 Å². The Bertz CT molecular complexity index is 458. The molecule has 82 valence electrons. The summed E-state index contributed by atoms with van der Waals surface area (Å²) < 4.78 is 3.04. The van der Waals surface area contributed by atoms with Gasteiger partial charge >= 0.3 is 0 Å². The van der Waals surface area contributed by atoms with Crippen LogP contribution in [0.4, 0.5) is 5.82 Å². The van der Waals surface area contributed by atoms with Crippen LogP contribution in [-0.4, -0.2) is 9.97 Å². The van der Waals surface area contributed by atoms with Gasteiger partial charge in [0.25, 0.3) is 0 Å². The van der Waals surface area contributed by atoms with E-state index in [9.17, 15) is 0 Å². The van der Waals surface area contributed by atoms with Gasteiger partial charge in [-0.3, -0.25) is 0 Å². The number of hydrogen-bond donors (Lipinski definition) is 1. The van der Waals surface area contributed by atoms with Crippen LogP contribution in [-0.2, 0) is 0 Å². The highest BCUT2D eigenvalue weighted by atomic mass is 35.5. The molecule has 0 fully saturated rings. The first-order valence-corrected chi connectivity index (χ1v) is 5.99. The van der Waals surface area contributed by atoms with Crippen molar-refractivity contribution in [1.82, 2.24) is 9.97 Å². The van der Waals surface area contributed by atoms with E-state index in [4.69, 9.17) is 23.2 Å². The Hall–Kier alpha value is -0.970. The van der Waals surface area contributed by atoms with Crippen molar-refractivity contribution in [3.63, 3.8) is 0 Å². The second-order valence-electron chi connectivity index (χ2n) is 2.86. The first kappa shape index (κ1) is 11.5. The van der Waals surface area contributed by atoms with Crippen LogP contribution < -0.4 is 4.72 Å². The van der Waals surface area contributed by atoms with Gasteiger partial charge in [0, 0.05) is 11.0 Å². The summed E-state index contributed by atoms with van der Waals surface area (Å²) in [5, 5.41) is 0.444. The fraction of sp³-hybridized carbons (Fsp3) is 0. The molecule has 3 nitrogen and oxygen atoms in total. The molecule has 0 amide bonds. The minimum atomic E-state index is 0.128. The molecule has 0 radical (unpaired) electrons. The van der Waals surface area contributed by atoms with E-state index in [2.05, 4.69) is 14.7 Å². The van der Waals surface area contributed by atoms with E-state index in [1.54, 1.807) is 6.07 Å². The molecule has 0 atom stereocenters. The summed E-state index contributed by atoms with van der Waals surface area (Å²) in [5.41, 5.74) is 0. The lowest BCUT2D eigenvalue weighted by Gasteiger charge is -2.04. The number of aromatic nitrogens is 2. The average Bonchev–Trinajstić information content (AvgIpc) is 2.27. The summed E-state index contributed by atoms with van der Waals surface area (Å²) in [5.74, 6) is 0.582. The van der Waals surface area contributed by atoms with Crippen molar-refractivity contribution >= 4 is 41.0 Å². The predicted molar refractivity (Wildman–Crippen MR) is 68.0 cm³/mol. The van der Waals surface area contributed by atoms with Crippen molar-refractivity contribution in [1.29, 1.82) is 0 Å². The largest absolute Gasteiger partial charge is 0.310 e. The van der Waals surface area contributed by atoms with Gasteiger partial charge in [0.05, 0.1) is 0 Å². The Labute approximate surface area is 107 Å². The van der Waals surface area contributed by atoms with Gasteiger partial charge in [0.2, 0.25) is 5.28 Å². The molecule has 1 aromatic heterocycles. The van der Waals surface area contributed by atoms with E-state index in [-0.39, 0.29) is 5.28 Å². The van der Waals surface area contributed by atoms with Crippen molar-refractivity contribution in [3.05, 3.63) is 46.8 Å². The molecule has 0 aliphatic rings. The number of nitrogens with one attached hydrogen (secondary N) is 1. The summed E-state index contributed by atoms with van der Waals surface area (Å²) in [4.78, 5) is 8.82. The highest BCUT2D eigenvalue weighted by molar-refractivity contribution is 8.00. The molecule has 0 aliphatic heterocycles. The van der Waals surface area contributed by atoms with Crippen molar-refractivity contribution in [3.8, 4) is 0 Å². The van der Waals surface area contributed by atoms with Crippen LogP contribution in [0.15, 0.2) is 41.3 Å². The van der Waals surface area contributed by atoms with E-state index in [1.807, 2.05) is 30.3 Å². The molecule has 0 aliphatic carbocycles. The van der Waals surface area contributed by atoms with Gasteiger partial charge in [-0.25, -0.2) is 4.98 Å². The molecular formula is C10H7Cl2N3S. The molecule has 0 saturated carbocycles. The standard InChI is InChI=1S/C10H7Cl2N3S/c11-8-6-9(14-10(12)13-8)15-16-7-4-2-1-3-5-7/h1-6H,(H,13,14,15). The van der Waals surface area contributed by atoms with E-state index in [1.165, 1.54) is 11.9 Å². The molecule has 0 saturated heterocycles. The second-order valence-corrected chi connectivity index (χ2v) is 4.47. The third-order valence-electron chi connectivity index (χ3n) is 1.68. The van der Waals surface area contributed by atoms with Crippen molar-refractivity contribution in [2.24, 2.45) is 0 Å². The highest BCUT2D eigenvalue weighted by Gasteiger charge is 2.01. The van der Waals surface area contributed by atoms with Crippen LogP contribution in [0.2, 0.25) is 10.4 Å². The summed E-state index contributed by atoms with van der Waals surface area (Å²) in [7, 11) is 0. The molecule has 1 heterocycles. The molecule has 2 aromatic rings. The molecular weight excluding hydrogens is 265 g/mol. The van der Waals surface area contributed by atoms with Crippen molar-refractivity contribution in [2.45, 2.75) is 4.90 Å². The van der Waals surface area contributed by atoms with Gasteiger partial charge in [0.1, 0.15) is 11.0 Å². The van der Waals surface area contributed by atoms with Crippen LogP contribution in [0.5, 0.6) is 0 Å². The quantitative estimate of drug-likeness (QED) is 0.522. The van der Waals surface area contributed by atoms with Gasteiger partial charge in [-0.1, -0.05) is 29.8 Å². The number of halogens is 2. The SMILES string of the molecule is Clc1cc(NSc2ccccc2)nc(Cl)n1. The first-order chi connectivity index (χ1) is 7.74. The van der Waals surface area contributed by atoms with Crippen molar-refractivity contribution < 1.29 is 0 Å². The maximum atomic E-state index is 5.75. The third kappa shape index (κ3) is 3.27. The molecule has 6 heteroatoms. The van der Waals surface area contributed by atoms with Crippen LogP contribution in [0.1, 0.15) is 0 Å². The van der Waals surface area contributed by atoms with Gasteiger partial charge in [-0.2, -0.15) is 4.98 Å². The van der Waals surface area contributed by atoms with Crippen molar-refractivity contribution in [2.75, 3.05) is 4.72 Å². The topological polar surface area (TPSA) is 37.8 Å². The number of benzene rings is 1. The van der Waals surface area contributed by atoms with Crippen LogP contribution in [0, 0.1) is 0 Å². The summed E-state index contributed by atoms with van der Waals surface area (Å²) in [6, 6.07) is 11.5. The lowest BCUT2D eigenvalue weighted by Crippen LogP contribution is -1.92. The molecule has 1 aromatic carbocycles. The maximum Gasteiger partial charge on any atom is 0.225 e. The molecule has 0 bridgehead atoms. The van der Waals surface area contributed by atoms with Gasteiger partial charge in [-0.15, -0.1) is 0 Å². The number of anilines is 1. The Balaban J connectivity index is 2.05. The predicted octanol–water partition coefficient (Wildman–Crippen LogP) is 3.90. The molecule has 1 N–H and O–H groups in total. The Morgan fingerprint density at radius 3 is 2.50 bits per heavy atom. The number of rotatable bonds is 3. The van der Waals surface area contributed by atoms with E-state index in [0.717, 1.165) is 4.90 Å². The average molecular weight is 272 g/mol. The summed E-state index contributed by atoms with van der Waals surface area (Å²) in [6.45, 7) is 0. The zero-order valence-corrected chi connectivity index (χ0v) is 10.4. The first-order valence-electron chi connectivity index (χ1n) is 4.42. The normalized spacial score (nSPS) is 10.1. The Kier molecular flexibility index (Phi) is 3.88. The fourth-order valence-electron chi connectivity index (χ4n) is 1.04. The summed E-state index contributed by atoms with van der Waals surface area (Å²) in [6.07, 6.45) is 0. The molecule has 0 spiro atoms. The fourth-order valence-corrected chi connectivity index (χ4v) is 2.07. The van der Waals surface area contributed by atoms with E-state index < -0.39 is 0 Å². The minimum absolute atomic E-state index is 0.128. The zero-order valence-electron chi connectivity index (χ0n) is 8.02. The maximum absolute atomic E-state index is 5.75. The van der Waals surface area contributed by atoms with Gasteiger partial charge in [-0.05, 0) is 35.7 Å². The molecule has 2 rings (SSSR count). The summed E-state index contributed by atoms with van der Waals surface area (Å²) >= 11 is 12.9. The Morgan fingerprint density at radius 2 is 1.81 bits per heavy atom. The van der Waals surface area contributed by atoms with E-state index in [0.29, 0.717) is 11.0 Å². The van der Waals surface area contributed by atoms with Crippen LogP contribution in [0.3, 0.4) is 0 Å². The van der Waals surface area contributed by atoms with Crippen LogP contribution in [0.25, 0.3) is 0 Å². The molecule has 0 unspecified atom stereocenters. The lowest BCUT2D eigenvalue weighted by molar-refractivity contribution is 1.18. The minimum Gasteiger partial charge on any atom is -0.310 e. The highest BCUT2D eigenvalue weighted by Crippen LogP contribution is 2.21. The third-order valence-corrected chi connectivity index (χ3v) is 2.87. The molecule has 16 heavy (non-hydrogen) atoms. The van der Waals surface area contributed by atoms with Gasteiger partial charge < -0.3 is 4.72 Å². The van der Waals surface area contributed by atoms with Crippen LogP contribution >= 0.6 is 35.1 Å². The smallest absolute Gasteiger partial charge is 0.225 e. The zero-order chi connectivity index (χ0) is 11.4. The number of nitrogens with zero attached hydrogens (tertiary/aromatic N) is 2. The lowest BCUT2D eigenvalue weighted by atomic mass is 10.4.